The fourth-order valence-corrected chi connectivity index (χ4v) is 4.14. The number of aryl methyl sites for hydroxylation is 1. The zero-order chi connectivity index (χ0) is 23.6. The number of nitrogens with zero attached hydrogens (tertiary/aromatic N) is 1. The average molecular weight is 448 g/mol. The number of imide groups is 1. The Morgan fingerprint density at radius 1 is 1.12 bits per heavy atom. The third kappa shape index (κ3) is 4.32. The number of nitrogens with one attached hydrogen (secondary N) is 3. The van der Waals surface area contributed by atoms with Gasteiger partial charge in [-0.2, -0.15) is 5.01 Å². The highest BCUT2D eigenvalue weighted by molar-refractivity contribution is 6.08. The summed E-state index contributed by atoms with van der Waals surface area (Å²) in [5.74, 6) is -2.30. The van der Waals surface area contributed by atoms with Crippen molar-refractivity contribution in [3.63, 3.8) is 0 Å². The van der Waals surface area contributed by atoms with E-state index in [4.69, 9.17) is 9.47 Å². The standard InChI is InChI=1S/C21H28N4O7/c1-5-31-17(27)15-12(3)16(22-13(15)4)18(28)32-10-14(26)24-25-19(29)21(23-20(25)30)8-6-11(2)7-9-21/h11,22H,5-10H2,1-4H3,(H,23,30)(H,24,26). The predicted molar refractivity (Wildman–Crippen MR) is 110 cm³/mol. The molecule has 3 N–H and O–H groups in total. The van der Waals surface area contributed by atoms with Crippen molar-refractivity contribution in [2.24, 2.45) is 5.92 Å². The van der Waals surface area contributed by atoms with Crippen molar-refractivity contribution in [1.29, 1.82) is 0 Å². The molecular formula is C21H28N4O7. The van der Waals surface area contributed by atoms with E-state index < -0.39 is 41.9 Å². The second-order valence-corrected chi connectivity index (χ2v) is 8.29. The van der Waals surface area contributed by atoms with Crippen LogP contribution in [0.1, 0.15) is 71.6 Å². The Balaban J connectivity index is 1.59. The number of aromatic amines is 1. The number of amides is 4. The molecule has 0 bridgehead atoms. The number of urea groups is 1. The van der Waals surface area contributed by atoms with Gasteiger partial charge in [-0.25, -0.2) is 14.4 Å². The van der Waals surface area contributed by atoms with Gasteiger partial charge in [0.05, 0.1) is 12.2 Å². The Hall–Kier alpha value is -3.37. The van der Waals surface area contributed by atoms with E-state index in [2.05, 4.69) is 22.7 Å². The lowest BCUT2D eigenvalue weighted by molar-refractivity contribution is -0.141. The van der Waals surface area contributed by atoms with E-state index in [0.29, 0.717) is 35.0 Å². The van der Waals surface area contributed by atoms with Crippen molar-refractivity contribution >= 4 is 29.8 Å². The molecule has 32 heavy (non-hydrogen) atoms. The largest absolute Gasteiger partial charge is 0.462 e. The van der Waals surface area contributed by atoms with Crippen molar-refractivity contribution in [3.05, 3.63) is 22.5 Å². The molecular weight excluding hydrogens is 420 g/mol. The van der Waals surface area contributed by atoms with Gasteiger partial charge in [0.15, 0.2) is 6.61 Å². The van der Waals surface area contributed by atoms with Gasteiger partial charge in [0, 0.05) is 5.69 Å². The third-order valence-electron chi connectivity index (χ3n) is 5.98. The van der Waals surface area contributed by atoms with Gasteiger partial charge in [-0.3, -0.25) is 15.0 Å². The molecule has 0 atom stereocenters. The van der Waals surface area contributed by atoms with Gasteiger partial charge in [-0.1, -0.05) is 6.92 Å². The molecule has 2 fully saturated rings. The third-order valence-corrected chi connectivity index (χ3v) is 5.98. The molecule has 1 aromatic rings. The lowest BCUT2D eigenvalue weighted by atomic mass is 9.77. The molecule has 1 saturated carbocycles. The van der Waals surface area contributed by atoms with Crippen molar-refractivity contribution < 1.29 is 33.4 Å². The Bertz CT molecular complexity index is 960. The second-order valence-electron chi connectivity index (χ2n) is 8.29. The molecule has 1 spiro atoms. The monoisotopic (exact) mass is 448 g/mol. The fraction of sp³-hybridized carbons (Fsp3) is 0.571. The maximum Gasteiger partial charge on any atom is 0.355 e. The molecule has 0 unspecified atom stereocenters. The van der Waals surface area contributed by atoms with E-state index in [-0.39, 0.29) is 17.9 Å². The lowest BCUT2D eigenvalue weighted by Gasteiger charge is -2.33. The van der Waals surface area contributed by atoms with Crippen LogP contribution in [0, 0.1) is 19.8 Å². The summed E-state index contributed by atoms with van der Waals surface area (Å²) in [6.07, 6.45) is 2.62. The Morgan fingerprint density at radius 3 is 2.41 bits per heavy atom. The number of esters is 2. The van der Waals surface area contributed by atoms with Crippen molar-refractivity contribution in [2.75, 3.05) is 13.2 Å². The predicted octanol–water partition coefficient (Wildman–Crippen LogP) is 1.50. The summed E-state index contributed by atoms with van der Waals surface area (Å²) in [5.41, 5.74) is 2.24. The summed E-state index contributed by atoms with van der Waals surface area (Å²) >= 11 is 0. The first-order valence-electron chi connectivity index (χ1n) is 10.6. The van der Waals surface area contributed by atoms with Crippen LogP contribution in [-0.2, 0) is 19.1 Å². The van der Waals surface area contributed by atoms with Crippen LogP contribution in [0.5, 0.6) is 0 Å². The van der Waals surface area contributed by atoms with Gasteiger partial charge in [0.2, 0.25) is 0 Å². The number of ether oxygens (including phenoxy) is 2. The minimum absolute atomic E-state index is 0.0172. The quantitative estimate of drug-likeness (QED) is 0.441. The normalized spacial score (nSPS) is 22.6. The van der Waals surface area contributed by atoms with Crippen molar-refractivity contribution in [3.8, 4) is 0 Å². The summed E-state index contributed by atoms with van der Waals surface area (Å²) in [4.78, 5) is 64.5. The van der Waals surface area contributed by atoms with Gasteiger partial charge in [-0.15, -0.1) is 0 Å². The molecule has 0 radical (unpaired) electrons. The Labute approximate surface area is 185 Å². The molecule has 4 amide bonds. The molecule has 2 heterocycles. The van der Waals surface area contributed by atoms with Crippen LogP contribution in [-0.4, -0.2) is 58.5 Å². The number of H-pyrrole nitrogens is 1. The first-order valence-corrected chi connectivity index (χ1v) is 10.6. The van der Waals surface area contributed by atoms with Gasteiger partial charge < -0.3 is 19.8 Å². The number of aromatic nitrogens is 1. The minimum atomic E-state index is -0.990. The zero-order valence-corrected chi connectivity index (χ0v) is 18.6. The molecule has 1 aliphatic carbocycles. The summed E-state index contributed by atoms with van der Waals surface area (Å²) in [6, 6.07) is -0.709. The lowest BCUT2D eigenvalue weighted by Crippen LogP contribution is -2.52. The van der Waals surface area contributed by atoms with Gasteiger partial charge in [0.25, 0.3) is 11.8 Å². The van der Waals surface area contributed by atoms with E-state index in [1.165, 1.54) is 0 Å². The molecule has 1 saturated heterocycles. The topological polar surface area (TPSA) is 147 Å². The molecule has 3 rings (SSSR count). The molecule has 1 aliphatic heterocycles. The molecule has 11 nitrogen and oxygen atoms in total. The average Bonchev–Trinajstić information content (AvgIpc) is 3.16. The number of carbonyl (C=O) groups excluding carboxylic acids is 5. The number of carbonyl (C=O) groups is 5. The SMILES string of the molecule is CCOC(=O)c1c(C)[nH]c(C(=O)OCC(=O)NN2C(=O)NC3(CCC(C)CC3)C2=O)c1C. The highest BCUT2D eigenvalue weighted by atomic mass is 16.5. The number of hydrogen-bond donors (Lipinski definition) is 3. The molecule has 0 aromatic carbocycles. The van der Waals surface area contributed by atoms with Crippen LogP contribution >= 0.6 is 0 Å². The van der Waals surface area contributed by atoms with Crippen LogP contribution in [0.2, 0.25) is 0 Å². The smallest absolute Gasteiger partial charge is 0.355 e. The molecule has 11 heteroatoms. The van der Waals surface area contributed by atoms with E-state index >= 15 is 0 Å². The van der Waals surface area contributed by atoms with E-state index in [0.717, 1.165) is 12.8 Å². The maximum absolute atomic E-state index is 12.8. The Morgan fingerprint density at radius 2 is 1.78 bits per heavy atom. The zero-order valence-electron chi connectivity index (χ0n) is 18.6. The van der Waals surface area contributed by atoms with E-state index in [9.17, 15) is 24.0 Å². The summed E-state index contributed by atoms with van der Waals surface area (Å²) in [5, 5.41) is 3.34. The van der Waals surface area contributed by atoms with E-state index in [1.54, 1.807) is 20.8 Å². The Kier molecular flexibility index (Phi) is 6.56. The summed E-state index contributed by atoms with van der Waals surface area (Å²) in [6.45, 7) is 6.40. The van der Waals surface area contributed by atoms with Gasteiger partial charge in [0.1, 0.15) is 11.2 Å². The summed E-state index contributed by atoms with van der Waals surface area (Å²) in [7, 11) is 0. The second kappa shape index (κ2) is 9.01. The fourth-order valence-electron chi connectivity index (χ4n) is 4.14. The van der Waals surface area contributed by atoms with Crippen LogP contribution < -0.4 is 10.7 Å². The highest BCUT2D eigenvalue weighted by Crippen LogP contribution is 2.35. The maximum atomic E-state index is 12.8. The molecule has 174 valence electrons. The summed E-state index contributed by atoms with van der Waals surface area (Å²) < 4.78 is 9.98. The van der Waals surface area contributed by atoms with Crippen molar-refractivity contribution in [2.45, 2.75) is 58.9 Å². The first kappa shape index (κ1) is 23.3. The van der Waals surface area contributed by atoms with Gasteiger partial charge >= 0.3 is 18.0 Å². The van der Waals surface area contributed by atoms with Crippen LogP contribution in [0.4, 0.5) is 4.79 Å². The number of hydrazine groups is 1. The van der Waals surface area contributed by atoms with Crippen molar-refractivity contribution in [1.82, 2.24) is 20.7 Å². The number of rotatable bonds is 6. The van der Waals surface area contributed by atoms with Crippen LogP contribution in [0.25, 0.3) is 0 Å². The molecule has 1 aromatic heterocycles. The molecule has 2 aliphatic rings. The van der Waals surface area contributed by atoms with Crippen LogP contribution in [0.3, 0.4) is 0 Å². The highest BCUT2D eigenvalue weighted by Gasteiger charge is 2.52. The minimum Gasteiger partial charge on any atom is -0.462 e. The van der Waals surface area contributed by atoms with Crippen LogP contribution in [0.15, 0.2) is 0 Å². The first-order chi connectivity index (χ1) is 15.1. The number of hydrogen-bond acceptors (Lipinski definition) is 7. The van der Waals surface area contributed by atoms with E-state index in [1.807, 2.05) is 0 Å². The van der Waals surface area contributed by atoms with Gasteiger partial charge in [-0.05, 0) is 57.9 Å².